The van der Waals surface area contributed by atoms with Crippen molar-refractivity contribution in [3.05, 3.63) is 26.4 Å². The Morgan fingerprint density at radius 3 is 2.68 bits per heavy atom. The Morgan fingerprint density at radius 1 is 1.32 bits per heavy atom. The summed E-state index contributed by atoms with van der Waals surface area (Å²) in [6.07, 6.45) is 3.11. The number of hydrogen-bond donors (Lipinski definition) is 1. The van der Waals surface area contributed by atoms with Crippen molar-refractivity contribution in [2.24, 2.45) is 0 Å². The molecule has 2 aromatic heterocycles. The van der Waals surface area contributed by atoms with Gasteiger partial charge in [0.25, 0.3) is 5.91 Å². The molecule has 1 amide bonds. The SMILES string of the molecule is CCCc1sc(C(=O)Nc2nnc(C)s2)cc1CC. The Bertz CT molecular complexity index is 574. The third-order valence-corrected chi connectivity index (χ3v) is 4.71. The van der Waals surface area contributed by atoms with E-state index in [4.69, 9.17) is 0 Å². The number of anilines is 1. The zero-order valence-electron chi connectivity index (χ0n) is 11.3. The second-order valence-corrected chi connectivity index (χ2v) is 6.56. The van der Waals surface area contributed by atoms with Gasteiger partial charge in [0.05, 0.1) is 4.88 Å². The molecule has 0 spiro atoms. The van der Waals surface area contributed by atoms with E-state index in [-0.39, 0.29) is 5.91 Å². The molecule has 0 aliphatic heterocycles. The van der Waals surface area contributed by atoms with Gasteiger partial charge in [0.2, 0.25) is 5.13 Å². The van der Waals surface area contributed by atoms with Crippen LogP contribution in [0, 0.1) is 6.92 Å². The van der Waals surface area contributed by atoms with E-state index in [1.807, 2.05) is 13.0 Å². The molecule has 0 aliphatic rings. The Balaban J connectivity index is 2.14. The number of nitrogens with one attached hydrogen (secondary N) is 1. The lowest BCUT2D eigenvalue weighted by molar-refractivity contribution is 0.103. The Morgan fingerprint density at radius 2 is 2.11 bits per heavy atom. The number of amides is 1. The molecular formula is C13H17N3OS2. The van der Waals surface area contributed by atoms with Gasteiger partial charge >= 0.3 is 0 Å². The fraction of sp³-hybridized carbons (Fsp3) is 0.462. The summed E-state index contributed by atoms with van der Waals surface area (Å²) in [6.45, 7) is 6.15. The van der Waals surface area contributed by atoms with E-state index < -0.39 is 0 Å². The van der Waals surface area contributed by atoms with Crippen LogP contribution in [0.4, 0.5) is 5.13 Å². The van der Waals surface area contributed by atoms with Gasteiger partial charge in [-0.3, -0.25) is 10.1 Å². The van der Waals surface area contributed by atoms with Crippen molar-refractivity contribution in [3.8, 4) is 0 Å². The Hall–Kier alpha value is -1.27. The summed E-state index contributed by atoms with van der Waals surface area (Å²) in [7, 11) is 0. The van der Waals surface area contributed by atoms with Crippen molar-refractivity contribution in [3.63, 3.8) is 0 Å². The zero-order valence-corrected chi connectivity index (χ0v) is 13.0. The smallest absolute Gasteiger partial charge is 0.267 e. The summed E-state index contributed by atoms with van der Waals surface area (Å²) in [4.78, 5) is 14.2. The summed E-state index contributed by atoms with van der Waals surface area (Å²) < 4.78 is 0. The van der Waals surface area contributed by atoms with Gasteiger partial charge in [-0.05, 0) is 31.4 Å². The second kappa shape index (κ2) is 6.25. The third-order valence-electron chi connectivity index (χ3n) is 2.72. The summed E-state index contributed by atoms with van der Waals surface area (Å²) >= 11 is 2.98. The molecule has 102 valence electrons. The maximum absolute atomic E-state index is 12.1. The van der Waals surface area contributed by atoms with E-state index in [2.05, 4.69) is 29.4 Å². The van der Waals surface area contributed by atoms with Gasteiger partial charge in [0.1, 0.15) is 5.01 Å². The van der Waals surface area contributed by atoms with E-state index in [9.17, 15) is 4.79 Å². The maximum Gasteiger partial charge on any atom is 0.267 e. The van der Waals surface area contributed by atoms with Crippen LogP contribution in [0.2, 0.25) is 0 Å². The molecule has 2 aromatic rings. The highest BCUT2D eigenvalue weighted by Crippen LogP contribution is 2.26. The zero-order chi connectivity index (χ0) is 13.8. The number of thiophene rings is 1. The molecule has 1 N–H and O–H groups in total. The second-order valence-electron chi connectivity index (χ2n) is 4.24. The predicted molar refractivity (Wildman–Crippen MR) is 80.3 cm³/mol. The Labute approximate surface area is 120 Å². The first-order chi connectivity index (χ1) is 9.13. The minimum atomic E-state index is -0.0850. The number of carbonyl (C=O) groups excluding carboxylic acids is 1. The quantitative estimate of drug-likeness (QED) is 0.915. The number of nitrogens with zero attached hydrogens (tertiary/aromatic N) is 2. The molecule has 19 heavy (non-hydrogen) atoms. The average molecular weight is 295 g/mol. The largest absolute Gasteiger partial charge is 0.296 e. The Kier molecular flexibility index (Phi) is 4.66. The van der Waals surface area contributed by atoms with E-state index in [0.717, 1.165) is 29.1 Å². The molecule has 0 saturated heterocycles. The van der Waals surface area contributed by atoms with Crippen molar-refractivity contribution in [2.45, 2.75) is 40.0 Å². The molecule has 0 bridgehead atoms. The van der Waals surface area contributed by atoms with Crippen molar-refractivity contribution in [1.82, 2.24) is 10.2 Å². The van der Waals surface area contributed by atoms with Crippen molar-refractivity contribution < 1.29 is 4.79 Å². The van der Waals surface area contributed by atoms with Gasteiger partial charge in [-0.15, -0.1) is 21.5 Å². The van der Waals surface area contributed by atoms with E-state index >= 15 is 0 Å². The van der Waals surface area contributed by atoms with Crippen LogP contribution >= 0.6 is 22.7 Å². The van der Waals surface area contributed by atoms with Crippen LogP contribution in [-0.2, 0) is 12.8 Å². The maximum atomic E-state index is 12.1. The molecule has 0 radical (unpaired) electrons. The molecule has 4 nitrogen and oxygen atoms in total. The van der Waals surface area contributed by atoms with Crippen molar-refractivity contribution >= 4 is 33.7 Å². The van der Waals surface area contributed by atoms with E-state index in [1.165, 1.54) is 21.8 Å². The first-order valence-electron chi connectivity index (χ1n) is 6.37. The molecule has 6 heteroatoms. The third kappa shape index (κ3) is 3.39. The van der Waals surface area contributed by atoms with Crippen LogP contribution in [0.1, 0.15) is 45.4 Å². The normalized spacial score (nSPS) is 10.7. The highest BCUT2D eigenvalue weighted by Gasteiger charge is 2.14. The van der Waals surface area contributed by atoms with Crippen LogP contribution < -0.4 is 5.32 Å². The van der Waals surface area contributed by atoms with Crippen LogP contribution in [0.15, 0.2) is 6.07 Å². The molecule has 0 aliphatic carbocycles. The van der Waals surface area contributed by atoms with Gasteiger partial charge < -0.3 is 0 Å². The molecule has 0 fully saturated rings. The lowest BCUT2D eigenvalue weighted by Gasteiger charge is -1.96. The van der Waals surface area contributed by atoms with Gasteiger partial charge in [0, 0.05) is 4.88 Å². The van der Waals surface area contributed by atoms with E-state index in [0.29, 0.717) is 5.13 Å². The monoisotopic (exact) mass is 295 g/mol. The van der Waals surface area contributed by atoms with Gasteiger partial charge in [-0.2, -0.15) is 0 Å². The number of carbonyl (C=O) groups is 1. The van der Waals surface area contributed by atoms with Crippen molar-refractivity contribution in [2.75, 3.05) is 5.32 Å². The summed E-state index contributed by atoms with van der Waals surface area (Å²) in [6, 6.07) is 2.00. The van der Waals surface area contributed by atoms with Crippen LogP contribution in [0.25, 0.3) is 0 Å². The lowest BCUT2D eigenvalue weighted by Crippen LogP contribution is -2.09. The number of rotatable bonds is 5. The highest BCUT2D eigenvalue weighted by atomic mass is 32.1. The summed E-state index contributed by atoms with van der Waals surface area (Å²) in [5, 5.41) is 12.0. The molecule has 0 unspecified atom stereocenters. The minimum Gasteiger partial charge on any atom is -0.296 e. The minimum absolute atomic E-state index is 0.0850. The fourth-order valence-corrected chi connectivity index (χ4v) is 3.66. The topological polar surface area (TPSA) is 54.9 Å². The summed E-state index contributed by atoms with van der Waals surface area (Å²) in [5.74, 6) is -0.0850. The fourth-order valence-electron chi connectivity index (χ4n) is 1.82. The molecule has 0 aromatic carbocycles. The number of hydrogen-bond acceptors (Lipinski definition) is 5. The first kappa shape index (κ1) is 14.1. The van der Waals surface area contributed by atoms with E-state index in [1.54, 1.807) is 11.3 Å². The summed E-state index contributed by atoms with van der Waals surface area (Å²) in [5.41, 5.74) is 1.28. The molecule has 2 rings (SSSR count). The molecule has 0 atom stereocenters. The highest BCUT2D eigenvalue weighted by molar-refractivity contribution is 7.16. The van der Waals surface area contributed by atoms with Crippen LogP contribution in [0.5, 0.6) is 0 Å². The van der Waals surface area contributed by atoms with Crippen LogP contribution in [-0.4, -0.2) is 16.1 Å². The first-order valence-corrected chi connectivity index (χ1v) is 8.00. The molecule has 2 heterocycles. The average Bonchev–Trinajstić information content (AvgIpc) is 2.96. The lowest BCUT2D eigenvalue weighted by atomic mass is 10.1. The van der Waals surface area contributed by atoms with Crippen molar-refractivity contribution in [1.29, 1.82) is 0 Å². The number of aromatic nitrogens is 2. The standard InChI is InChI=1S/C13H17N3OS2/c1-4-6-10-9(5-2)7-11(19-10)12(17)14-13-16-15-8(3)18-13/h7H,4-6H2,1-3H3,(H,14,16,17). The molecular weight excluding hydrogens is 278 g/mol. The van der Waals surface area contributed by atoms with Gasteiger partial charge in [-0.1, -0.05) is 31.6 Å². The predicted octanol–water partition coefficient (Wildman–Crippen LogP) is 3.68. The van der Waals surface area contributed by atoms with Crippen LogP contribution in [0.3, 0.4) is 0 Å². The van der Waals surface area contributed by atoms with Gasteiger partial charge in [0.15, 0.2) is 0 Å². The van der Waals surface area contributed by atoms with Gasteiger partial charge in [-0.25, -0.2) is 0 Å². The molecule has 0 saturated carbocycles. The number of aryl methyl sites for hydroxylation is 3.